The van der Waals surface area contributed by atoms with Gasteiger partial charge < -0.3 is 0 Å². The molecule has 0 atom stereocenters. The Hall–Kier alpha value is -5.08. The van der Waals surface area contributed by atoms with Gasteiger partial charge in [-0.05, 0) is 83.3 Å². The molecule has 0 spiro atoms. The molecule has 7 aromatic rings. The number of rotatable bonds is 6. The maximum absolute atomic E-state index is 5.46. The molecule has 0 aliphatic rings. The highest BCUT2D eigenvalue weighted by Gasteiger charge is 2.18. The van der Waals surface area contributed by atoms with Crippen LogP contribution in [0.1, 0.15) is 36.1 Å². The average Bonchev–Trinajstić information content (AvgIpc) is 3.08. The predicted molar refractivity (Wildman–Crippen MR) is 187 cm³/mol. The Morgan fingerprint density at radius 1 is 0.432 bits per heavy atom. The third-order valence-electron chi connectivity index (χ3n) is 9.13. The Morgan fingerprint density at radius 2 is 0.841 bits per heavy atom. The second kappa shape index (κ2) is 11.5. The molecule has 0 saturated carbocycles. The Bertz CT molecular complexity index is 1990. The molecule has 0 amide bonds. The van der Waals surface area contributed by atoms with Crippen LogP contribution >= 0.6 is 0 Å². The first-order valence-corrected chi connectivity index (χ1v) is 15.6. The number of pyridine rings is 2. The highest BCUT2D eigenvalue weighted by Crippen LogP contribution is 2.40. The second-order valence-corrected chi connectivity index (χ2v) is 11.6. The zero-order chi connectivity index (χ0) is 30.2. The molecule has 2 heterocycles. The monoisotopic (exact) mass is 568 g/mol. The van der Waals surface area contributed by atoms with E-state index in [-0.39, 0.29) is 0 Å². The van der Waals surface area contributed by atoms with Crippen molar-refractivity contribution in [2.24, 2.45) is 0 Å². The Kier molecular flexibility index (Phi) is 7.28. The summed E-state index contributed by atoms with van der Waals surface area (Å²) in [6.45, 7) is 8.88. The minimum Gasteiger partial charge on any atom is -0.245 e. The van der Waals surface area contributed by atoms with E-state index in [1.807, 2.05) is 0 Å². The highest BCUT2D eigenvalue weighted by atomic mass is 14.8. The smallest absolute Gasteiger partial charge is 0.0978 e. The van der Waals surface area contributed by atoms with Crippen LogP contribution in [0.4, 0.5) is 0 Å². The van der Waals surface area contributed by atoms with E-state index >= 15 is 0 Å². The van der Waals surface area contributed by atoms with Crippen molar-refractivity contribution in [2.45, 2.75) is 40.5 Å². The summed E-state index contributed by atoms with van der Waals surface area (Å²) in [6, 6.07) is 43.5. The van der Waals surface area contributed by atoms with Gasteiger partial charge in [0, 0.05) is 21.9 Å². The van der Waals surface area contributed by atoms with Crippen LogP contribution in [0.5, 0.6) is 0 Å². The lowest BCUT2D eigenvalue weighted by molar-refractivity contribution is 1.11. The number of aromatic nitrogens is 2. The number of aryl methyl sites for hydroxylation is 2. The van der Waals surface area contributed by atoms with Crippen LogP contribution < -0.4 is 0 Å². The van der Waals surface area contributed by atoms with E-state index in [1.54, 1.807) is 0 Å². The van der Waals surface area contributed by atoms with Gasteiger partial charge in [-0.25, -0.2) is 9.97 Å². The second-order valence-electron chi connectivity index (χ2n) is 11.6. The van der Waals surface area contributed by atoms with Crippen molar-refractivity contribution < 1.29 is 0 Å². The molecule has 0 fully saturated rings. The van der Waals surface area contributed by atoms with E-state index < -0.39 is 0 Å². The fraction of sp³-hybridized carbons (Fsp3) is 0.143. The lowest BCUT2D eigenvalue weighted by atomic mass is 9.91. The lowest BCUT2D eigenvalue weighted by Crippen LogP contribution is -1.98. The van der Waals surface area contributed by atoms with Gasteiger partial charge in [-0.2, -0.15) is 0 Å². The summed E-state index contributed by atoms with van der Waals surface area (Å²) in [7, 11) is 0. The van der Waals surface area contributed by atoms with Gasteiger partial charge in [0.1, 0.15) is 0 Å². The summed E-state index contributed by atoms with van der Waals surface area (Å²) in [5, 5.41) is 2.22. The van der Waals surface area contributed by atoms with Crippen LogP contribution in [0.25, 0.3) is 66.6 Å². The summed E-state index contributed by atoms with van der Waals surface area (Å²) in [6.07, 6.45) is 1.98. The van der Waals surface area contributed by atoms with Crippen LogP contribution in [0.2, 0.25) is 0 Å². The summed E-state index contributed by atoms with van der Waals surface area (Å²) in [4.78, 5) is 10.9. The first-order valence-electron chi connectivity index (χ1n) is 15.6. The van der Waals surface area contributed by atoms with Gasteiger partial charge in [0.2, 0.25) is 0 Å². The van der Waals surface area contributed by atoms with Crippen molar-refractivity contribution in [2.75, 3.05) is 0 Å². The topological polar surface area (TPSA) is 25.8 Å². The van der Waals surface area contributed by atoms with Gasteiger partial charge in [-0.1, -0.05) is 123 Å². The van der Waals surface area contributed by atoms with Crippen molar-refractivity contribution >= 4 is 21.8 Å². The van der Waals surface area contributed by atoms with Crippen molar-refractivity contribution in [1.82, 2.24) is 9.97 Å². The minimum atomic E-state index is 0.934. The van der Waals surface area contributed by atoms with Gasteiger partial charge in [-0.15, -0.1) is 0 Å². The molecule has 0 aliphatic carbocycles. The van der Waals surface area contributed by atoms with Gasteiger partial charge in [0.15, 0.2) is 0 Å². The molecule has 0 bridgehead atoms. The van der Waals surface area contributed by atoms with Crippen LogP contribution in [0.15, 0.2) is 121 Å². The molecular formula is C42H36N2. The quantitative estimate of drug-likeness (QED) is 0.186. The number of fused-ring (bicyclic) bond motifs is 3. The molecule has 0 N–H and O–H groups in total. The number of benzene rings is 5. The Morgan fingerprint density at radius 3 is 1.23 bits per heavy atom. The Balaban J connectivity index is 1.62. The molecule has 2 nitrogen and oxygen atoms in total. The normalized spacial score (nSPS) is 11.4. The number of hydrogen-bond donors (Lipinski definition) is 0. The average molecular weight is 569 g/mol. The summed E-state index contributed by atoms with van der Waals surface area (Å²) >= 11 is 0. The molecule has 214 valence electrons. The molecule has 7 rings (SSSR count). The van der Waals surface area contributed by atoms with Gasteiger partial charge in [0.05, 0.1) is 22.4 Å². The van der Waals surface area contributed by atoms with Crippen LogP contribution in [0, 0.1) is 13.8 Å². The van der Waals surface area contributed by atoms with Crippen molar-refractivity contribution in [3.8, 4) is 44.8 Å². The number of hydrogen-bond acceptors (Lipinski definition) is 2. The van der Waals surface area contributed by atoms with Crippen LogP contribution in [0.3, 0.4) is 0 Å². The third kappa shape index (κ3) is 4.77. The standard InChI is InChI=1S/C42H36N2/c1-5-29-19-13-21-33(27(29)3)39-25-37(31-15-9-7-10-16-31)35-23-24-36-38(32-17-11-8-12-18-32)26-40(44-42(36)41(35)43-39)34-22-14-20-30(6-2)28(34)4/h7-26H,5-6H2,1-4H3. The highest BCUT2D eigenvalue weighted by molar-refractivity contribution is 6.13. The van der Waals surface area contributed by atoms with E-state index in [0.717, 1.165) is 46.0 Å². The molecule has 44 heavy (non-hydrogen) atoms. The largest absolute Gasteiger partial charge is 0.245 e. The summed E-state index contributed by atoms with van der Waals surface area (Å²) in [5.41, 5.74) is 16.1. The zero-order valence-electron chi connectivity index (χ0n) is 25.9. The zero-order valence-corrected chi connectivity index (χ0v) is 25.9. The molecule has 2 aromatic heterocycles. The lowest BCUT2D eigenvalue weighted by Gasteiger charge is -2.17. The maximum atomic E-state index is 5.46. The van der Waals surface area contributed by atoms with Gasteiger partial charge in [0.25, 0.3) is 0 Å². The number of nitrogens with zero attached hydrogens (tertiary/aromatic N) is 2. The van der Waals surface area contributed by atoms with Crippen molar-refractivity contribution in [1.29, 1.82) is 0 Å². The fourth-order valence-electron chi connectivity index (χ4n) is 6.65. The van der Waals surface area contributed by atoms with E-state index in [0.29, 0.717) is 0 Å². The minimum absolute atomic E-state index is 0.934. The molecule has 0 saturated heterocycles. The van der Waals surface area contributed by atoms with E-state index in [1.165, 1.54) is 55.6 Å². The predicted octanol–water partition coefficient (Wildman–Crippen LogP) is 11.2. The molecule has 0 unspecified atom stereocenters. The van der Waals surface area contributed by atoms with Gasteiger partial charge in [-0.3, -0.25) is 0 Å². The van der Waals surface area contributed by atoms with Crippen molar-refractivity contribution in [3.63, 3.8) is 0 Å². The summed E-state index contributed by atoms with van der Waals surface area (Å²) in [5.74, 6) is 0. The molecule has 2 heteroatoms. The first-order chi connectivity index (χ1) is 21.6. The maximum Gasteiger partial charge on any atom is 0.0978 e. The van der Waals surface area contributed by atoms with Crippen molar-refractivity contribution in [3.05, 3.63) is 144 Å². The third-order valence-corrected chi connectivity index (χ3v) is 9.13. The molecule has 0 radical (unpaired) electrons. The molecule has 0 aliphatic heterocycles. The van der Waals surface area contributed by atoms with E-state index in [2.05, 4.69) is 149 Å². The molecular weight excluding hydrogens is 532 g/mol. The fourth-order valence-corrected chi connectivity index (χ4v) is 6.65. The van der Waals surface area contributed by atoms with Gasteiger partial charge >= 0.3 is 0 Å². The first kappa shape index (κ1) is 27.7. The summed E-state index contributed by atoms with van der Waals surface area (Å²) < 4.78 is 0. The molecule has 5 aromatic carbocycles. The SMILES string of the molecule is CCc1cccc(-c2cc(-c3ccccc3)c3ccc4c(-c5ccccc5)cc(-c5cccc(CC)c5C)nc4c3n2)c1C. The van der Waals surface area contributed by atoms with E-state index in [4.69, 9.17) is 9.97 Å². The van der Waals surface area contributed by atoms with Crippen LogP contribution in [-0.4, -0.2) is 9.97 Å². The Labute approximate surface area is 260 Å². The van der Waals surface area contributed by atoms with E-state index in [9.17, 15) is 0 Å². The van der Waals surface area contributed by atoms with Crippen LogP contribution in [-0.2, 0) is 12.8 Å².